The average molecular weight is 323 g/mol. The van der Waals surface area contributed by atoms with Crippen molar-refractivity contribution in [1.82, 2.24) is 9.80 Å². The lowest BCUT2D eigenvalue weighted by Gasteiger charge is -2.24. The van der Waals surface area contributed by atoms with E-state index in [1.807, 2.05) is 0 Å². The minimum atomic E-state index is -1.25. The molecule has 4 nitrogen and oxygen atoms in total. The first-order valence-electron chi connectivity index (χ1n) is 7.75. The van der Waals surface area contributed by atoms with E-state index in [0.717, 1.165) is 13.1 Å². The number of rotatable bonds is 8. The normalized spacial score (nSPS) is 11.8. The van der Waals surface area contributed by atoms with Gasteiger partial charge in [-0.15, -0.1) is 0 Å². The van der Waals surface area contributed by atoms with Crippen molar-refractivity contribution < 1.29 is 9.53 Å². The lowest BCUT2D eigenvalue weighted by atomic mass is 10.2. The highest BCUT2D eigenvalue weighted by atomic mass is 28.3. The zero-order chi connectivity index (χ0) is 16.8. The molecule has 0 saturated heterocycles. The van der Waals surface area contributed by atoms with E-state index in [2.05, 4.69) is 48.8 Å². The van der Waals surface area contributed by atoms with Crippen molar-refractivity contribution >= 4 is 19.2 Å². The highest BCUT2D eigenvalue weighted by molar-refractivity contribution is 6.88. The second-order valence-corrected chi connectivity index (χ2v) is 12.0. The molecule has 0 aliphatic carbocycles. The molecule has 1 aromatic carbocycles. The number of carbonyl (C=O) groups excluding carboxylic acids is 1. The van der Waals surface area contributed by atoms with Crippen LogP contribution in [-0.2, 0) is 16.1 Å². The molecule has 0 aliphatic heterocycles. The van der Waals surface area contributed by atoms with Crippen molar-refractivity contribution in [1.29, 1.82) is 0 Å². The topological polar surface area (TPSA) is 32.8 Å². The molecule has 5 heteroatoms. The van der Waals surface area contributed by atoms with E-state index in [1.165, 1.54) is 10.8 Å². The molecule has 22 heavy (non-hydrogen) atoms. The van der Waals surface area contributed by atoms with Crippen LogP contribution in [0.25, 0.3) is 0 Å². The van der Waals surface area contributed by atoms with Gasteiger partial charge in [0.15, 0.2) is 0 Å². The molecule has 0 heterocycles. The second-order valence-electron chi connectivity index (χ2n) is 6.94. The summed E-state index contributed by atoms with van der Waals surface area (Å²) in [6, 6.07) is 8.86. The van der Waals surface area contributed by atoms with Crippen LogP contribution in [0.5, 0.6) is 0 Å². The molecule has 0 bridgehead atoms. The Bertz CT molecular complexity index is 467. The zero-order valence-electron chi connectivity index (χ0n) is 14.8. The average Bonchev–Trinajstić information content (AvgIpc) is 2.44. The number of hydrogen-bond donors (Lipinski definition) is 0. The Labute approximate surface area is 136 Å². The number of ether oxygens (including phenoxy) is 1. The zero-order valence-corrected chi connectivity index (χ0v) is 15.8. The van der Waals surface area contributed by atoms with Crippen molar-refractivity contribution in [3.63, 3.8) is 0 Å². The summed E-state index contributed by atoms with van der Waals surface area (Å²) < 4.78 is 5.15. The molecular weight excluding hydrogens is 292 g/mol. The van der Waals surface area contributed by atoms with Gasteiger partial charge in [-0.3, -0.25) is 9.69 Å². The van der Waals surface area contributed by atoms with Gasteiger partial charge in [-0.25, -0.2) is 0 Å². The van der Waals surface area contributed by atoms with Crippen molar-refractivity contribution in [2.24, 2.45) is 0 Å². The van der Waals surface area contributed by atoms with E-state index < -0.39 is 8.07 Å². The Balaban J connectivity index is 2.74. The first kappa shape index (κ1) is 18.9. The van der Waals surface area contributed by atoms with Gasteiger partial charge in [-0.1, -0.05) is 49.1 Å². The number of benzene rings is 1. The van der Waals surface area contributed by atoms with Crippen LogP contribution >= 0.6 is 0 Å². The van der Waals surface area contributed by atoms with Crippen LogP contribution in [-0.4, -0.2) is 64.7 Å². The van der Waals surface area contributed by atoms with E-state index >= 15 is 0 Å². The molecular formula is C17H30N2O2Si. The Hall–Kier alpha value is -1.17. The summed E-state index contributed by atoms with van der Waals surface area (Å²) in [5.74, 6) is 0.120. The maximum atomic E-state index is 11.9. The molecule has 0 spiro atoms. The third kappa shape index (κ3) is 6.30. The van der Waals surface area contributed by atoms with Gasteiger partial charge in [0.1, 0.15) is 0 Å². The van der Waals surface area contributed by atoms with E-state index in [-0.39, 0.29) is 5.91 Å². The molecule has 1 rings (SSSR count). The Morgan fingerprint density at radius 1 is 1.14 bits per heavy atom. The molecule has 0 atom stereocenters. The lowest BCUT2D eigenvalue weighted by molar-refractivity contribution is -0.130. The molecule has 0 aliphatic rings. The standard InChI is InChI=1S/C17H30N2O2Si/c1-18(2)17(20)14-19(11-12-21-3)13-15-7-9-16(10-8-15)22(4,5)6/h7-10H,11-14H2,1-6H3. The van der Waals surface area contributed by atoms with Crippen LogP contribution in [0, 0.1) is 0 Å². The predicted octanol–water partition coefficient (Wildman–Crippen LogP) is 1.77. The van der Waals surface area contributed by atoms with Gasteiger partial charge in [-0.2, -0.15) is 0 Å². The Morgan fingerprint density at radius 2 is 1.73 bits per heavy atom. The van der Waals surface area contributed by atoms with Gasteiger partial charge in [-0.05, 0) is 5.56 Å². The number of carbonyl (C=O) groups is 1. The molecule has 0 fully saturated rings. The summed E-state index contributed by atoms with van der Waals surface area (Å²) in [7, 11) is 4.02. The number of methoxy groups -OCH3 is 1. The minimum Gasteiger partial charge on any atom is -0.383 e. The molecule has 0 aromatic heterocycles. The largest absolute Gasteiger partial charge is 0.383 e. The minimum absolute atomic E-state index is 0.120. The lowest BCUT2D eigenvalue weighted by Crippen LogP contribution is -2.38. The summed E-state index contributed by atoms with van der Waals surface area (Å²) in [5, 5.41) is 1.46. The smallest absolute Gasteiger partial charge is 0.236 e. The maximum absolute atomic E-state index is 11.9. The highest BCUT2D eigenvalue weighted by Gasteiger charge is 2.17. The van der Waals surface area contributed by atoms with Crippen LogP contribution in [0.3, 0.4) is 0 Å². The fourth-order valence-corrected chi connectivity index (χ4v) is 3.30. The van der Waals surface area contributed by atoms with Crippen LogP contribution in [0.1, 0.15) is 5.56 Å². The fraction of sp³-hybridized carbons (Fsp3) is 0.588. The first-order chi connectivity index (χ1) is 10.2. The van der Waals surface area contributed by atoms with Gasteiger partial charge in [0.2, 0.25) is 5.91 Å². The van der Waals surface area contributed by atoms with E-state index in [0.29, 0.717) is 13.2 Å². The van der Waals surface area contributed by atoms with Crippen molar-refractivity contribution in [2.75, 3.05) is 40.9 Å². The van der Waals surface area contributed by atoms with Crippen LogP contribution < -0.4 is 5.19 Å². The first-order valence-corrected chi connectivity index (χ1v) is 11.2. The van der Waals surface area contributed by atoms with E-state index in [4.69, 9.17) is 4.74 Å². The van der Waals surface area contributed by atoms with Crippen molar-refractivity contribution in [2.45, 2.75) is 26.2 Å². The number of nitrogens with zero attached hydrogens (tertiary/aromatic N) is 2. The Morgan fingerprint density at radius 3 is 2.18 bits per heavy atom. The van der Waals surface area contributed by atoms with Crippen LogP contribution in [0.4, 0.5) is 0 Å². The van der Waals surface area contributed by atoms with E-state index in [1.54, 1.807) is 26.1 Å². The van der Waals surface area contributed by atoms with E-state index in [9.17, 15) is 4.79 Å². The molecule has 1 amide bonds. The van der Waals surface area contributed by atoms with Gasteiger partial charge < -0.3 is 9.64 Å². The summed E-state index contributed by atoms with van der Waals surface area (Å²) in [5.41, 5.74) is 1.24. The highest BCUT2D eigenvalue weighted by Crippen LogP contribution is 2.07. The number of likely N-dealkylation sites (N-methyl/N-ethyl adjacent to an activating group) is 1. The summed E-state index contributed by atoms with van der Waals surface area (Å²) in [6.07, 6.45) is 0. The SMILES string of the molecule is COCCN(CC(=O)N(C)C)Cc1ccc([Si](C)(C)C)cc1. The third-order valence-electron chi connectivity index (χ3n) is 3.70. The molecule has 124 valence electrons. The van der Waals surface area contributed by atoms with Crippen LogP contribution in [0.2, 0.25) is 19.6 Å². The predicted molar refractivity (Wildman–Crippen MR) is 95.3 cm³/mol. The number of amides is 1. The Kier molecular flexibility index (Phi) is 7.26. The van der Waals surface area contributed by atoms with Gasteiger partial charge in [0.25, 0.3) is 0 Å². The molecule has 0 N–H and O–H groups in total. The fourth-order valence-electron chi connectivity index (χ4n) is 2.14. The summed E-state index contributed by atoms with van der Waals surface area (Å²) in [4.78, 5) is 15.7. The van der Waals surface area contributed by atoms with Crippen LogP contribution in [0.15, 0.2) is 24.3 Å². The molecule has 0 saturated carbocycles. The quantitative estimate of drug-likeness (QED) is 0.684. The van der Waals surface area contributed by atoms with Gasteiger partial charge in [0, 0.05) is 34.3 Å². The monoisotopic (exact) mass is 322 g/mol. The van der Waals surface area contributed by atoms with Crippen molar-refractivity contribution in [3.05, 3.63) is 29.8 Å². The second kappa shape index (κ2) is 8.46. The van der Waals surface area contributed by atoms with Crippen molar-refractivity contribution in [3.8, 4) is 0 Å². The van der Waals surface area contributed by atoms with Gasteiger partial charge in [0.05, 0.1) is 21.2 Å². The maximum Gasteiger partial charge on any atom is 0.236 e. The number of hydrogen-bond acceptors (Lipinski definition) is 3. The molecule has 0 unspecified atom stereocenters. The third-order valence-corrected chi connectivity index (χ3v) is 5.76. The van der Waals surface area contributed by atoms with Gasteiger partial charge >= 0.3 is 0 Å². The molecule has 0 radical (unpaired) electrons. The summed E-state index contributed by atoms with van der Waals surface area (Å²) >= 11 is 0. The summed E-state index contributed by atoms with van der Waals surface area (Å²) in [6.45, 7) is 9.63. The molecule has 1 aromatic rings.